The van der Waals surface area contributed by atoms with Crippen molar-refractivity contribution in [1.29, 1.82) is 0 Å². The first kappa shape index (κ1) is 14.2. The smallest absolute Gasteiger partial charge is 0.105 e. The lowest BCUT2D eigenvalue weighted by atomic mass is 10.0. The Labute approximate surface area is 118 Å². The third kappa shape index (κ3) is 2.69. The van der Waals surface area contributed by atoms with Gasteiger partial charge in [-0.05, 0) is 33.4 Å². The van der Waals surface area contributed by atoms with Crippen molar-refractivity contribution in [1.82, 2.24) is 15.1 Å². The molecule has 0 fully saturated rings. The highest BCUT2D eigenvalue weighted by Crippen LogP contribution is 2.32. The van der Waals surface area contributed by atoms with E-state index in [2.05, 4.69) is 31.2 Å². The Morgan fingerprint density at radius 2 is 2.21 bits per heavy atom. The topological polar surface area (TPSA) is 43.0 Å². The lowest BCUT2D eigenvalue weighted by Crippen LogP contribution is -2.26. The third-order valence-corrected chi connectivity index (χ3v) is 3.46. The molecule has 0 aromatic carbocycles. The van der Waals surface area contributed by atoms with E-state index in [9.17, 15) is 0 Å². The molecule has 0 spiro atoms. The molecule has 0 bridgehead atoms. The summed E-state index contributed by atoms with van der Waals surface area (Å²) in [6, 6.07) is 2.24. The summed E-state index contributed by atoms with van der Waals surface area (Å²) >= 11 is 6.33. The Morgan fingerprint density at radius 3 is 2.74 bits per heavy atom. The first-order chi connectivity index (χ1) is 9.06. The van der Waals surface area contributed by atoms with Crippen LogP contribution in [0, 0.1) is 6.92 Å². The monoisotopic (exact) mass is 281 g/mol. The van der Waals surface area contributed by atoms with Gasteiger partial charge in [0.15, 0.2) is 0 Å². The number of furan rings is 1. The molecule has 5 heteroatoms. The van der Waals surface area contributed by atoms with Gasteiger partial charge in [0.1, 0.15) is 5.76 Å². The maximum atomic E-state index is 6.33. The van der Waals surface area contributed by atoms with Crippen LogP contribution in [0.5, 0.6) is 0 Å². The molecule has 0 amide bonds. The van der Waals surface area contributed by atoms with Gasteiger partial charge in [0.25, 0.3) is 0 Å². The van der Waals surface area contributed by atoms with Crippen molar-refractivity contribution in [2.45, 2.75) is 39.8 Å². The molecule has 0 saturated heterocycles. The van der Waals surface area contributed by atoms with Crippen LogP contribution in [0.4, 0.5) is 0 Å². The Morgan fingerprint density at radius 1 is 1.47 bits per heavy atom. The highest BCUT2D eigenvalue weighted by molar-refractivity contribution is 6.31. The molecule has 0 saturated carbocycles. The lowest BCUT2D eigenvalue weighted by molar-refractivity contribution is 0.469. The Balaban J connectivity index is 2.51. The van der Waals surface area contributed by atoms with Gasteiger partial charge < -0.3 is 9.73 Å². The summed E-state index contributed by atoms with van der Waals surface area (Å²) in [5.74, 6) is 0.901. The van der Waals surface area contributed by atoms with Crippen molar-refractivity contribution in [3.63, 3.8) is 0 Å². The second kappa shape index (κ2) is 5.80. The Kier molecular flexibility index (Phi) is 4.32. The highest BCUT2D eigenvalue weighted by Gasteiger charge is 2.25. The fourth-order valence-electron chi connectivity index (χ4n) is 2.28. The number of nitrogens with zero attached hydrogens (tertiary/aromatic N) is 2. The summed E-state index contributed by atoms with van der Waals surface area (Å²) in [6.07, 6.45) is 3.41. The average Bonchev–Trinajstić information content (AvgIpc) is 2.93. The van der Waals surface area contributed by atoms with Crippen LogP contribution in [0.25, 0.3) is 0 Å². The molecule has 0 aliphatic heterocycles. The summed E-state index contributed by atoms with van der Waals surface area (Å²) < 4.78 is 7.38. The molecule has 1 N–H and O–H groups in total. The maximum Gasteiger partial charge on any atom is 0.105 e. The van der Waals surface area contributed by atoms with Crippen LogP contribution in [0.3, 0.4) is 0 Å². The van der Waals surface area contributed by atoms with Gasteiger partial charge in [-0.2, -0.15) is 5.10 Å². The van der Waals surface area contributed by atoms with E-state index in [0.717, 1.165) is 23.6 Å². The van der Waals surface area contributed by atoms with Gasteiger partial charge >= 0.3 is 0 Å². The molecule has 2 rings (SSSR count). The zero-order chi connectivity index (χ0) is 14.0. The number of nitrogens with one attached hydrogen (secondary N) is 1. The second-order valence-electron chi connectivity index (χ2n) is 4.84. The fourth-order valence-corrected chi connectivity index (χ4v) is 2.52. The minimum atomic E-state index is 0.00106. The minimum Gasteiger partial charge on any atom is -0.469 e. The van der Waals surface area contributed by atoms with E-state index in [4.69, 9.17) is 16.0 Å². The first-order valence-electron chi connectivity index (χ1n) is 6.56. The van der Waals surface area contributed by atoms with Crippen LogP contribution < -0.4 is 5.32 Å². The van der Waals surface area contributed by atoms with Crippen molar-refractivity contribution in [2.75, 3.05) is 6.54 Å². The zero-order valence-electron chi connectivity index (χ0n) is 11.8. The van der Waals surface area contributed by atoms with Crippen molar-refractivity contribution in [3.05, 3.63) is 40.6 Å². The van der Waals surface area contributed by atoms with Crippen LogP contribution in [0.15, 0.2) is 22.9 Å². The summed E-state index contributed by atoms with van der Waals surface area (Å²) in [6.45, 7) is 9.07. The van der Waals surface area contributed by atoms with Crippen LogP contribution in [0.1, 0.15) is 49.9 Å². The van der Waals surface area contributed by atoms with Gasteiger partial charge in [0, 0.05) is 11.6 Å². The van der Waals surface area contributed by atoms with E-state index in [0.29, 0.717) is 5.02 Å². The van der Waals surface area contributed by atoms with E-state index in [1.165, 1.54) is 0 Å². The van der Waals surface area contributed by atoms with E-state index >= 15 is 0 Å². The SMILES string of the molecule is CCNC(c1ccoc1C)c1c(Cl)cnn1C(C)C. The second-order valence-corrected chi connectivity index (χ2v) is 5.25. The zero-order valence-corrected chi connectivity index (χ0v) is 12.5. The van der Waals surface area contributed by atoms with Gasteiger partial charge in [0.05, 0.1) is 29.2 Å². The number of hydrogen-bond donors (Lipinski definition) is 1. The summed E-state index contributed by atoms with van der Waals surface area (Å²) in [7, 11) is 0. The highest BCUT2D eigenvalue weighted by atomic mass is 35.5. The molecule has 1 unspecified atom stereocenters. The molecule has 0 radical (unpaired) electrons. The predicted molar refractivity (Wildman–Crippen MR) is 76.6 cm³/mol. The molecule has 104 valence electrons. The van der Waals surface area contributed by atoms with Gasteiger partial charge in [0.2, 0.25) is 0 Å². The summed E-state index contributed by atoms with van der Waals surface area (Å²) in [5, 5.41) is 8.51. The standard InChI is InChI=1S/C14H20ClN3O/c1-5-16-13(11-6-7-19-10(11)4)14-12(15)8-17-18(14)9(2)3/h6-9,13,16H,5H2,1-4H3. The number of hydrogen-bond acceptors (Lipinski definition) is 3. The Hall–Kier alpha value is -1.26. The number of halogens is 1. The largest absolute Gasteiger partial charge is 0.469 e. The molecule has 2 heterocycles. The van der Waals surface area contributed by atoms with E-state index in [1.54, 1.807) is 12.5 Å². The van der Waals surface area contributed by atoms with Gasteiger partial charge in [-0.25, -0.2) is 0 Å². The first-order valence-corrected chi connectivity index (χ1v) is 6.94. The maximum absolute atomic E-state index is 6.33. The molecule has 19 heavy (non-hydrogen) atoms. The quantitative estimate of drug-likeness (QED) is 0.908. The van der Waals surface area contributed by atoms with Gasteiger partial charge in [-0.1, -0.05) is 18.5 Å². The van der Waals surface area contributed by atoms with Crippen molar-refractivity contribution in [2.24, 2.45) is 0 Å². The van der Waals surface area contributed by atoms with E-state index in [-0.39, 0.29) is 12.1 Å². The number of aryl methyl sites for hydroxylation is 1. The lowest BCUT2D eigenvalue weighted by Gasteiger charge is -2.21. The molecular formula is C14H20ClN3O. The molecule has 4 nitrogen and oxygen atoms in total. The van der Waals surface area contributed by atoms with E-state index in [1.807, 2.05) is 17.7 Å². The summed E-state index contributed by atoms with van der Waals surface area (Å²) in [4.78, 5) is 0. The fraction of sp³-hybridized carbons (Fsp3) is 0.500. The van der Waals surface area contributed by atoms with Crippen LogP contribution in [-0.2, 0) is 0 Å². The van der Waals surface area contributed by atoms with Crippen LogP contribution >= 0.6 is 11.6 Å². The minimum absolute atomic E-state index is 0.00106. The molecular weight excluding hydrogens is 262 g/mol. The van der Waals surface area contributed by atoms with Crippen molar-refractivity contribution >= 4 is 11.6 Å². The number of aromatic nitrogens is 2. The van der Waals surface area contributed by atoms with Gasteiger partial charge in [-0.15, -0.1) is 0 Å². The van der Waals surface area contributed by atoms with Crippen molar-refractivity contribution < 1.29 is 4.42 Å². The predicted octanol–water partition coefficient (Wildman–Crippen LogP) is 3.72. The van der Waals surface area contributed by atoms with Crippen LogP contribution in [0.2, 0.25) is 5.02 Å². The van der Waals surface area contributed by atoms with E-state index < -0.39 is 0 Å². The molecule has 0 aliphatic rings. The number of rotatable bonds is 5. The molecule has 0 aliphatic carbocycles. The summed E-state index contributed by atoms with van der Waals surface area (Å²) in [5.41, 5.74) is 2.09. The molecule has 2 aromatic rings. The third-order valence-electron chi connectivity index (χ3n) is 3.17. The Bertz CT molecular complexity index is 545. The van der Waals surface area contributed by atoms with Crippen LogP contribution in [-0.4, -0.2) is 16.3 Å². The molecule has 1 atom stereocenters. The van der Waals surface area contributed by atoms with Gasteiger partial charge in [-0.3, -0.25) is 4.68 Å². The average molecular weight is 282 g/mol. The molecule has 2 aromatic heterocycles. The van der Waals surface area contributed by atoms with Crippen molar-refractivity contribution in [3.8, 4) is 0 Å². The normalized spacial score (nSPS) is 13.2.